The average Bonchev–Trinajstić information content (AvgIpc) is 3.06. The summed E-state index contributed by atoms with van der Waals surface area (Å²) in [6.07, 6.45) is -1.17. The van der Waals surface area contributed by atoms with E-state index < -0.39 is 23.8 Å². The number of ether oxygens (including phenoxy) is 2. The molecule has 2 amide bonds. The SMILES string of the molecule is CC(=O)Nc1cccc(C(=O)N2C[C@@H]3Oc4c(F)ccc(F)c4O[C@@H]3C2)c1. The van der Waals surface area contributed by atoms with Crippen LogP contribution in [-0.2, 0) is 4.79 Å². The number of rotatable bonds is 2. The van der Waals surface area contributed by atoms with Gasteiger partial charge in [0.1, 0.15) is 0 Å². The van der Waals surface area contributed by atoms with E-state index in [0.717, 1.165) is 12.1 Å². The van der Waals surface area contributed by atoms with E-state index in [0.29, 0.717) is 11.3 Å². The second-order valence-corrected chi connectivity index (χ2v) is 6.47. The molecule has 2 aromatic rings. The molecule has 1 fully saturated rings. The topological polar surface area (TPSA) is 67.9 Å². The Bertz CT molecular complexity index is 895. The summed E-state index contributed by atoms with van der Waals surface area (Å²) in [4.78, 5) is 25.5. The van der Waals surface area contributed by atoms with Crippen molar-refractivity contribution in [1.29, 1.82) is 0 Å². The maximum absolute atomic E-state index is 13.9. The van der Waals surface area contributed by atoms with Crippen LogP contribution in [0.1, 0.15) is 17.3 Å². The zero-order valence-corrected chi connectivity index (χ0v) is 14.4. The third-order valence-electron chi connectivity index (χ3n) is 4.49. The highest BCUT2D eigenvalue weighted by Crippen LogP contribution is 2.40. The number of likely N-dealkylation sites (tertiary alicyclic amines) is 1. The minimum absolute atomic E-state index is 0.184. The van der Waals surface area contributed by atoms with Gasteiger partial charge in [0.15, 0.2) is 23.8 Å². The summed E-state index contributed by atoms with van der Waals surface area (Å²) in [7, 11) is 0. The molecular weight excluding hydrogens is 358 g/mol. The molecule has 2 aliphatic rings. The third-order valence-corrected chi connectivity index (χ3v) is 4.49. The van der Waals surface area contributed by atoms with Crippen molar-refractivity contribution in [2.24, 2.45) is 0 Å². The van der Waals surface area contributed by atoms with Crippen LogP contribution in [0, 0.1) is 11.6 Å². The van der Waals surface area contributed by atoms with Crippen molar-refractivity contribution >= 4 is 17.5 Å². The molecular formula is C19H16F2N2O4. The van der Waals surface area contributed by atoms with Gasteiger partial charge >= 0.3 is 0 Å². The van der Waals surface area contributed by atoms with Gasteiger partial charge in [-0.2, -0.15) is 0 Å². The predicted molar refractivity (Wildman–Crippen MR) is 91.8 cm³/mol. The molecule has 27 heavy (non-hydrogen) atoms. The van der Waals surface area contributed by atoms with Gasteiger partial charge in [0.25, 0.3) is 5.91 Å². The van der Waals surface area contributed by atoms with Crippen LogP contribution in [0.5, 0.6) is 11.5 Å². The Morgan fingerprint density at radius 2 is 1.63 bits per heavy atom. The molecule has 1 saturated heterocycles. The number of benzene rings is 2. The summed E-state index contributed by atoms with van der Waals surface area (Å²) in [5, 5.41) is 2.62. The van der Waals surface area contributed by atoms with E-state index in [1.807, 2.05) is 0 Å². The Morgan fingerprint density at radius 3 is 2.19 bits per heavy atom. The first-order valence-corrected chi connectivity index (χ1v) is 8.40. The van der Waals surface area contributed by atoms with Gasteiger partial charge in [0.2, 0.25) is 17.4 Å². The summed E-state index contributed by atoms with van der Waals surface area (Å²) in [6, 6.07) is 8.49. The van der Waals surface area contributed by atoms with E-state index in [4.69, 9.17) is 9.47 Å². The Kier molecular flexibility index (Phi) is 4.18. The van der Waals surface area contributed by atoms with Gasteiger partial charge in [-0.3, -0.25) is 9.59 Å². The summed E-state index contributed by atoms with van der Waals surface area (Å²) in [6.45, 7) is 1.75. The minimum Gasteiger partial charge on any atom is -0.478 e. The van der Waals surface area contributed by atoms with E-state index in [1.54, 1.807) is 24.3 Å². The number of hydrogen-bond donors (Lipinski definition) is 1. The number of fused-ring (bicyclic) bond motifs is 2. The number of amides is 2. The normalized spacial score (nSPS) is 20.2. The molecule has 0 aromatic heterocycles. The van der Waals surface area contributed by atoms with Crippen LogP contribution in [0.2, 0.25) is 0 Å². The first-order chi connectivity index (χ1) is 12.9. The first kappa shape index (κ1) is 17.3. The van der Waals surface area contributed by atoms with Gasteiger partial charge in [0.05, 0.1) is 13.1 Å². The van der Waals surface area contributed by atoms with Crippen LogP contribution in [-0.4, -0.2) is 42.0 Å². The maximum Gasteiger partial charge on any atom is 0.254 e. The van der Waals surface area contributed by atoms with Gasteiger partial charge in [-0.05, 0) is 30.3 Å². The molecule has 2 aromatic carbocycles. The second kappa shape index (κ2) is 6.53. The number of halogens is 2. The Hall–Kier alpha value is -3.16. The summed E-state index contributed by atoms with van der Waals surface area (Å²) in [5.74, 6) is -2.48. The van der Waals surface area contributed by atoms with E-state index >= 15 is 0 Å². The number of nitrogens with one attached hydrogen (secondary N) is 1. The standard InChI is InChI=1S/C19H16F2N2O4/c1-10(24)22-12-4-2-3-11(7-12)19(25)23-8-15-16(9-23)27-18-14(21)6-5-13(20)17(18)26-15/h2-7,15-16H,8-9H2,1H3,(H,22,24)/t15-,16+. The highest BCUT2D eigenvalue weighted by atomic mass is 19.1. The lowest BCUT2D eigenvalue weighted by Crippen LogP contribution is -2.39. The summed E-state index contributed by atoms with van der Waals surface area (Å²) < 4.78 is 38.9. The molecule has 4 rings (SSSR count). The van der Waals surface area contributed by atoms with Crippen LogP contribution in [0.3, 0.4) is 0 Å². The molecule has 140 valence electrons. The van der Waals surface area contributed by atoms with E-state index in [9.17, 15) is 18.4 Å². The smallest absolute Gasteiger partial charge is 0.254 e. The molecule has 0 radical (unpaired) electrons. The van der Waals surface area contributed by atoms with Crippen molar-refractivity contribution in [2.75, 3.05) is 18.4 Å². The summed E-state index contributed by atoms with van der Waals surface area (Å²) >= 11 is 0. The van der Waals surface area contributed by atoms with Gasteiger partial charge in [-0.15, -0.1) is 0 Å². The second-order valence-electron chi connectivity index (χ2n) is 6.47. The molecule has 1 N–H and O–H groups in total. The molecule has 6 nitrogen and oxygen atoms in total. The van der Waals surface area contributed by atoms with Crippen LogP contribution in [0.4, 0.5) is 14.5 Å². The molecule has 0 aliphatic carbocycles. The minimum atomic E-state index is -0.711. The van der Waals surface area contributed by atoms with E-state index in [2.05, 4.69) is 5.32 Å². The number of carbonyl (C=O) groups excluding carboxylic acids is 2. The molecule has 0 unspecified atom stereocenters. The predicted octanol–water partition coefficient (Wildman–Crippen LogP) is 2.59. The van der Waals surface area contributed by atoms with Crippen LogP contribution in [0.15, 0.2) is 36.4 Å². The zero-order chi connectivity index (χ0) is 19.1. The number of carbonyl (C=O) groups is 2. The average molecular weight is 374 g/mol. The van der Waals surface area contributed by atoms with Crippen LogP contribution < -0.4 is 14.8 Å². The molecule has 2 atom stereocenters. The van der Waals surface area contributed by atoms with Gasteiger partial charge in [0, 0.05) is 18.2 Å². The van der Waals surface area contributed by atoms with Crippen LogP contribution >= 0.6 is 0 Å². The van der Waals surface area contributed by atoms with Crippen molar-refractivity contribution in [3.8, 4) is 11.5 Å². The fourth-order valence-corrected chi connectivity index (χ4v) is 3.29. The van der Waals surface area contributed by atoms with Gasteiger partial charge in [-0.1, -0.05) is 6.07 Å². The first-order valence-electron chi connectivity index (χ1n) is 8.40. The Labute approximate surface area is 153 Å². The summed E-state index contributed by atoms with van der Waals surface area (Å²) in [5.41, 5.74) is 0.892. The lowest BCUT2D eigenvalue weighted by atomic mass is 10.1. The number of anilines is 1. The molecule has 0 spiro atoms. The number of nitrogens with zero attached hydrogens (tertiary/aromatic N) is 1. The van der Waals surface area contributed by atoms with E-state index in [1.165, 1.54) is 11.8 Å². The van der Waals surface area contributed by atoms with Crippen molar-refractivity contribution < 1.29 is 27.8 Å². The molecule has 8 heteroatoms. The van der Waals surface area contributed by atoms with Crippen molar-refractivity contribution in [2.45, 2.75) is 19.1 Å². The largest absolute Gasteiger partial charge is 0.478 e. The zero-order valence-electron chi connectivity index (χ0n) is 14.4. The molecule has 0 bridgehead atoms. The molecule has 0 saturated carbocycles. The number of hydrogen-bond acceptors (Lipinski definition) is 4. The highest BCUT2D eigenvalue weighted by Gasteiger charge is 2.43. The monoisotopic (exact) mass is 374 g/mol. The fourth-order valence-electron chi connectivity index (χ4n) is 3.29. The van der Waals surface area contributed by atoms with Gasteiger partial charge in [-0.25, -0.2) is 8.78 Å². The maximum atomic E-state index is 13.9. The third kappa shape index (κ3) is 3.18. The Morgan fingerprint density at radius 1 is 1.04 bits per heavy atom. The quantitative estimate of drug-likeness (QED) is 0.878. The molecule has 2 heterocycles. The lowest BCUT2D eigenvalue weighted by Gasteiger charge is -2.28. The fraction of sp³-hybridized carbons (Fsp3) is 0.263. The Balaban J connectivity index is 1.52. The van der Waals surface area contributed by atoms with Crippen LogP contribution in [0.25, 0.3) is 0 Å². The molecule has 2 aliphatic heterocycles. The van der Waals surface area contributed by atoms with Gasteiger partial charge < -0.3 is 19.7 Å². The van der Waals surface area contributed by atoms with Crippen molar-refractivity contribution in [3.05, 3.63) is 53.6 Å². The van der Waals surface area contributed by atoms with Crippen molar-refractivity contribution in [1.82, 2.24) is 4.90 Å². The van der Waals surface area contributed by atoms with E-state index in [-0.39, 0.29) is 36.4 Å². The van der Waals surface area contributed by atoms with Crippen molar-refractivity contribution in [3.63, 3.8) is 0 Å². The highest BCUT2D eigenvalue weighted by molar-refractivity contribution is 5.97. The lowest BCUT2D eigenvalue weighted by molar-refractivity contribution is -0.114.